The van der Waals surface area contributed by atoms with E-state index in [0.717, 1.165) is 24.9 Å². The SMILES string of the molecule is CN(c1ccc(F)cc1)[C@@H]1COC2(CCN(C(=O)c3ccnnc3)CC2)C1. The highest BCUT2D eigenvalue weighted by molar-refractivity contribution is 5.93. The summed E-state index contributed by atoms with van der Waals surface area (Å²) in [6, 6.07) is 8.50. The number of rotatable bonds is 3. The maximum absolute atomic E-state index is 13.2. The summed E-state index contributed by atoms with van der Waals surface area (Å²) in [5.41, 5.74) is 1.38. The van der Waals surface area contributed by atoms with Crippen molar-refractivity contribution in [2.75, 3.05) is 31.6 Å². The summed E-state index contributed by atoms with van der Waals surface area (Å²) in [5, 5.41) is 7.50. The lowest BCUT2D eigenvalue weighted by Gasteiger charge is -2.39. The van der Waals surface area contributed by atoms with Gasteiger partial charge in [-0.05, 0) is 49.6 Å². The largest absolute Gasteiger partial charge is 0.373 e. The minimum absolute atomic E-state index is 0.00210. The van der Waals surface area contributed by atoms with Crippen LogP contribution in [0, 0.1) is 5.82 Å². The molecule has 7 heteroatoms. The van der Waals surface area contributed by atoms with E-state index in [9.17, 15) is 9.18 Å². The molecule has 0 bridgehead atoms. The molecule has 2 aromatic rings. The second-order valence-electron chi connectivity index (χ2n) is 7.36. The monoisotopic (exact) mass is 370 g/mol. The van der Waals surface area contributed by atoms with E-state index in [-0.39, 0.29) is 23.4 Å². The Morgan fingerprint density at radius 2 is 1.96 bits per heavy atom. The van der Waals surface area contributed by atoms with Gasteiger partial charge < -0.3 is 14.5 Å². The summed E-state index contributed by atoms with van der Waals surface area (Å²) in [5.74, 6) is -0.231. The van der Waals surface area contributed by atoms with Crippen molar-refractivity contribution < 1.29 is 13.9 Å². The minimum Gasteiger partial charge on any atom is -0.373 e. The molecular formula is C20H23FN4O2. The molecule has 0 N–H and O–H groups in total. The Morgan fingerprint density at radius 3 is 2.63 bits per heavy atom. The van der Waals surface area contributed by atoms with Crippen molar-refractivity contribution in [3.63, 3.8) is 0 Å². The van der Waals surface area contributed by atoms with Crippen molar-refractivity contribution >= 4 is 11.6 Å². The first-order valence-corrected chi connectivity index (χ1v) is 9.25. The average molecular weight is 370 g/mol. The van der Waals surface area contributed by atoms with Gasteiger partial charge in [0.05, 0.1) is 36.2 Å². The van der Waals surface area contributed by atoms with Crippen molar-refractivity contribution in [3.8, 4) is 0 Å². The van der Waals surface area contributed by atoms with Crippen LogP contribution in [0.4, 0.5) is 10.1 Å². The first-order valence-electron chi connectivity index (χ1n) is 9.25. The first kappa shape index (κ1) is 17.9. The van der Waals surface area contributed by atoms with Crippen LogP contribution in [-0.4, -0.2) is 59.4 Å². The molecule has 27 heavy (non-hydrogen) atoms. The van der Waals surface area contributed by atoms with Gasteiger partial charge in [-0.3, -0.25) is 4.79 Å². The lowest BCUT2D eigenvalue weighted by atomic mass is 9.87. The van der Waals surface area contributed by atoms with E-state index in [4.69, 9.17) is 4.74 Å². The molecule has 2 saturated heterocycles. The summed E-state index contributed by atoms with van der Waals surface area (Å²) >= 11 is 0. The van der Waals surface area contributed by atoms with Gasteiger partial charge in [-0.2, -0.15) is 10.2 Å². The van der Waals surface area contributed by atoms with Crippen LogP contribution in [-0.2, 0) is 4.74 Å². The van der Waals surface area contributed by atoms with Crippen molar-refractivity contribution in [1.82, 2.24) is 15.1 Å². The molecule has 2 aliphatic rings. The summed E-state index contributed by atoms with van der Waals surface area (Å²) < 4.78 is 19.4. The van der Waals surface area contributed by atoms with Gasteiger partial charge in [0.1, 0.15) is 5.82 Å². The zero-order valence-corrected chi connectivity index (χ0v) is 15.3. The summed E-state index contributed by atoms with van der Waals surface area (Å²) in [6.07, 6.45) is 5.61. The van der Waals surface area contributed by atoms with Crippen LogP contribution in [0.25, 0.3) is 0 Å². The Morgan fingerprint density at radius 1 is 1.22 bits per heavy atom. The molecule has 1 spiro atoms. The lowest BCUT2D eigenvalue weighted by molar-refractivity contribution is -0.0388. The molecule has 0 aliphatic carbocycles. The molecule has 2 aliphatic heterocycles. The van der Waals surface area contributed by atoms with Crippen LogP contribution in [0.1, 0.15) is 29.6 Å². The highest BCUT2D eigenvalue weighted by atomic mass is 19.1. The molecule has 1 amide bonds. The smallest absolute Gasteiger partial charge is 0.255 e. The number of likely N-dealkylation sites (tertiary alicyclic amines) is 1. The number of aromatic nitrogens is 2. The number of halogens is 1. The first-order chi connectivity index (χ1) is 13.1. The summed E-state index contributed by atoms with van der Waals surface area (Å²) in [4.78, 5) is 16.6. The van der Waals surface area contributed by atoms with Crippen molar-refractivity contribution in [2.45, 2.75) is 30.9 Å². The van der Waals surface area contributed by atoms with E-state index in [1.54, 1.807) is 18.2 Å². The van der Waals surface area contributed by atoms with E-state index < -0.39 is 0 Å². The topological polar surface area (TPSA) is 58.6 Å². The number of hydrogen-bond donors (Lipinski definition) is 0. The number of amides is 1. The van der Waals surface area contributed by atoms with Crippen LogP contribution < -0.4 is 4.90 Å². The quantitative estimate of drug-likeness (QED) is 0.831. The van der Waals surface area contributed by atoms with Crippen LogP contribution in [0.2, 0.25) is 0 Å². The predicted octanol–water partition coefficient (Wildman–Crippen LogP) is 2.52. The Balaban J connectivity index is 1.36. The zero-order chi connectivity index (χ0) is 18.9. The van der Waals surface area contributed by atoms with E-state index in [1.165, 1.54) is 24.5 Å². The van der Waals surface area contributed by atoms with Gasteiger partial charge in [0.2, 0.25) is 0 Å². The van der Waals surface area contributed by atoms with E-state index >= 15 is 0 Å². The van der Waals surface area contributed by atoms with Crippen LogP contribution in [0.3, 0.4) is 0 Å². The standard InChI is InChI=1S/C20H23FN4O2/c1-24(17-4-2-16(21)3-5-17)18-12-20(27-14-18)7-10-25(11-8-20)19(26)15-6-9-22-23-13-15/h2-6,9,13,18H,7-8,10-12,14H2,1H3/t18-/m0/s1. The van der Waals surface area contributed by atoms with Gasteiger partial charge in [0.25, 0.3) is 5.91 Å². The molecule has 4 rings (SSSR count). The van der Waals surface area contributed by atoms with E-state index in [2.05, 4.69) is 15.1 Å². The number of hydrogen-bond acceptors (Lipinski definition) is 5. The third-order valence-electron chi connectivity index (χ3n) is 5.76. The van der Waals surface area contributed by atoms with Gasteiger partial charge in [-0.15, -0.1) is 0 Å². The normalized spacial score (nSPS) is 21.4. The van der Waals surface area contributed by atoms with Gasteiger partial charge >= 0.3 is 0 Å². The fourth-order valence-corrected chi connectivity index (χ4v) is 4.02. The molecule has 3 heterocycles. The molecule has 2 fully saturated rings. The lowest BCUT2D eigenvalue weighted by Crippen LogP contribution is -2.47. The highest BCUT2D eigenvalue weighted by Crippen LogP contribution is 2.38. The number of ether oxygens (including phenoxy) is 1. The maximum atomic E-state index is 13.2. The predicted molar refractivity (Wildman–Crippen MR) is 99.1 cm³/mol. The Kier molecular flexibility index (Phi) is 4.78. The third kappa shape index (κ3) is 3.64. The van der Waals surface area contributed by atoms with Crippen LogP contribution in [0.5, 0.6) is 0 Å². The van der Waals surface area contributed by atoms with Gasteiger partial charge in [0.15, 0.2) is 0 Å². The van der Waals surface area contributed by atoms with Gasteiger partial charge in [-0.1, -0.05) is 0 Å². The van der Waals surface area contributed by atoms with Crippen LogP contribution >= 0.6 is 0 Å². The molecular weight excluding hydrogens is 347 g/mol. The molecule has 1 aromatic heterocycles. The number of likely N-dealkylation sites (N-methyl/N-ethyl adjacent to an activating group) is 1. The molecule has 142 valence electrons. The van der Waals surface area contributed by atoms with Crippen molar-refractivity contribution in [1.29, 1.82) is 0 Å². The summed E-state index contributed by atoms with van der Waals surface area (Å²) in [6.45, 7) is 2.00. The average Bonchev–Trinajstić information content (AvgIpc) is 3.12. The summed E-state index contributed by atoms with van der Waals surface area (Å²) in [7, 11) is 2.02. The van der Waals surface area contributed by atoms with Crippen molar-refractivity contribution in [2.24, 2.45) is 0 Å². The third-order valence-corrected chi connectivity index (χ3v) is 5.76. The number of piperidine rings is 1. The minimum atomic E-state index is -0.229. The highest BCUT2D eigenvalue weighted by Gasteiger charge is 2.44. The second-order valence-corrected chi connectivity index (χ2v) is 7.36. The number of nitrogens with zero attached hydrogens (tertiary/aromatic N) is 4. The van der Waals surface area contributed by atoms with Crippen molar-refractivity contribution in [3.05, 3.63) is 54.1 Å². The number of benzene rings is 1. The fourth-order valence-electron chi connectivity index (χ4n) is 4.02. The van der Waals surface area contributed by atoms with Gasteiger partial charge in [0, 0.05) is 25.8 Å². The number of carbonyl (C=O) groups is 1. The Hall–Kier alpha value is -2.54. The number of anilines is 1. The fraction of sp³-hybridized carbons (Fsp3) is 0.450. The molecule has 0 radical (unpaired) electrons. The molecule has 0 saturated carbocycles. The molecule has 1 aromatic carbocycles. The van der Waals surface area contributed by atoms with E-state index in [1.807, 2.05) is 11.9 Å². The molecule has 1 atom stereocenters. The Bertz CT molecular complexity index is 791. The Labute approximate surface area is 157 Å². The molecule has 0 unspecified atom stereocenters. The van der Waals surface area contributed by atoms with Gasteiger partial charge in [-0.25, -0.2) is 4.39 Å². The maximum Gasteiger partial charge on any atom is 0.255 e. The zero-order valence-electron chi connectivity index (χ0n) is 15.3. The van der Waals surface area contributed by atoms with E-state index in [0.29, 0.717) is 25.3 Å². The number of carbonyl (C=O) groups excluding carboxylic acids is 1. The second kappa shape index (κ2) is 7.23. The molecule has 6 nitrogen and oxygen atoms in total. The van der Waals surface area contributed by atoms with Crippen LogP contribution in [0.15, 0.2) is 42.7 Å².